The van der Waals surface area contributed by atoms with Crippen molar-refractivity contribution in [1.29, 1.82) is 0 Å². The number of hydrogen-bond donors (Lipinski definition) is 2. The summed E-state index contributed by atoms with van der Waals surface area (Å²) in [6, 6.07) is 0. The van der Waals surface area contributed by atoms with E-state index in [0.29, 0.717) is 32.4 Å². The highest BCUT2D eigenvalue weighted by Gasteiger charge is 2.34. The molecule has 0 aromatic heterocycles. The second kappa shape index (κ2) is 11.7. The fourth-order valence-electron chi connectivity index (χ4n) is 3.18. The van der Waals surface area contributed by atoms with Crippen LogP contribution in [0.5, 0.6) is 0 Å². The maximum absolute atomic E-state index is 11.8. The van der Waals surface area contributed by atoms with Gasteiger partial charge in [0.1, 0.15) is 0 Å². The van der Waals surface area contributed by atoms with Gasteiger partial charge in [-0.15, -0.1) is 0 Å². The third-order valence-electron chi connectivity index (χ3n) is 4.54. The van der Waals surface area contributed by atoms with Gasteiger partial charge in [0.05, 0.1) is 19.6 Å². The van der Waals surface area contributed by atoms with Crippen molar-refractivity contribution in [2.45, 2.75) is 71.1 Å². The molecule has 25 heavy (non-hydrogen) atoms. The van der Waals surface area contributed by atoms with Crippen LogP contribution >= 0.6 is 0 Å². The van der Waals surface area contributed by atoms with E-state index in [4.69, 9.17) is 14.6 Å². The molecule has 0 radical (unpaired) electrons. The first-order valence-electron chi connectivity index (χ1n) is 9.25. The third kappa shape index (κ3) is 9.31. The Labute approximate surface area is 149 Å². The Morgan fingerprint density at radius 2 is 1.68 bits per heavy atom. The van der Waals surface area contributed by atoms with Crippen LogP contribution in [0.2, 0.25) is 0 Å². The van der Waals surface area contributed by atoms with Crippen molar-refractivity contribution >= 4 is 18.0 Å². The number of esters is 1. The lowest BCUT2D eigenvalue weighted by molar-refractivity contribution is -0.144. The summed E-state index contributed by atoms with van der Waals surface area (Å²) in [5, 5.41) is 11.8. The molecule has 0 saturated heterocycles. The molecule has 1 amide bonds. The van der Waals surface area contributed by atoms with Gasteiger partial charge >= 0.3 is 18.0 Å². The van der Waals surface area contributed by atoms with Crippen molar-refractivity contribution in [2.75, 3.05) is 19.8 Å². The van der Waals surface area contributed by atoms with Gasteiger partial charge in [0, 0.05) is 13.0 Å². The molecule has 0 heterocycles. The quantitative estimate of drug-likeness (QED) is 0.435. The average Bonchev–Trinajstić information content (AvgIpc) is 2.57. The smallest absolute Gasteiger partial charge is 0.407 e. The summed E-state index contributed by atoms with van der Waals surface area (Å²) in [5.74, 6) is -1.02. The molecule has 2 N–H and O–H groups in total. The Kier molecular flexibility index (Phi) is 9.96. The number of carbonyl (C=O) groups is 3. The molecule has 0 aromatic carbocycles. The zero-order valence-electron chi connectivity index (χ0n) is 15.2. The first kappa shape index (κ1) is 21.3. The summed E-state index contributed by atoms with van der Waals surface area (Å²) in [4.78, 5) is 34.0. The van der Waals surface area contributed by atoms with Crippen molar-refractivity contribution in [1.82, 2.24) is 5.32 Å². The number of unbranched alkanes of at least 4 members (excludes halogenated alkanes) is 1. The van der Waals surface area contributed by atoms with Crippen LogP contribution in [0.1, 0.15) is 71.1 Å². The van der Waals surface area contributed by atoms with E-state index in [-0.39, 0.29) is 24.4 Å². The second-order valence-electron chi connectivity index (χ2n) is 6.80. The van der Waals surface area contributed by atoms with Crippen LogP contribution in [0, 0.1) is 5.41 Å². The van der Waals surface area contributed by atoms with E-state index in [1.807, 2.05) is 6.92 Å². The van der Waals surface area contributed by atoms with Crippen molar-refractivity contribution in [3.8, 4) is 0 Å². The summed E-state index contributed by atoms with van der Waals surface area (Å²) < 4.78 is 10.1. The van der Waals surface area contributed by atoms with Crippen molar-refractivity contribution in [3.05, 3.63) is 0 Å². The molecular weight excluding hydrogens is 326 g/mol. The molecule has 0 aromatic rings. The fourth-order valence-corrected chi connectivity index (χ4v) is 3.18. The van der Waals surface area contributed by atoms with Crippen molar-refractivity contribution in [3.63, 3.8) is 0 Å². The molecule has 0 bridgehead atoms. The summed E-state index contributed by atoms with van der Waals surface area (Å²) in [6.07, 6.45) is 6.79. The molecule has 1 fully saturated rings. The number of alkyl carbamates (subject to hydrolysis) is 1. The highest BCUT2D eigenvalue weighted by molar-refractivity contribution is 5.69. The Hall–Kier alpha value is -1.79. The number of carboxylic acid groups (broad SMARTS) is 1. The summed E-state index contributed by atoms with van der Waals surface area (Å²) in [6.45, 7) is 2.85. The van der Waals surface area contributed by atoms with E-state index in [0.717, 1.165) is 38.5 Å². The van der Waals surface area contributed by atoms with Gasteiger partial charge in [0.2, 0.25) is 0 Å². The Bertz CT molecular complexity index is 431. The number of aliphatic carboxylic acids is 1. The lowest BCUT2D eigenvalue weighted by Gasteiger charge is -2.36. The van der Waals surface area contributed by atoms with E-state index in [1.165, 1.54) is 0 Å². The van der Waals surface area contributed by atoms with Crippen LogP contribution in [-0.4, -0.2) is 42.9 Å². The Morgan fingerprint density at radius 1 is 1.04 bits per heavy atom. The molecule has 144 valence electrons. The van der Waals surface area contributed by atoms with Gasteiger partial charge in [-0.3, -0.25) is 9.59 Å². The molecule has 7 nitrogen and oxygen atoms in total. The van der Waals surface area contributed by atoms with Gasteiger partial charge in [-0.1, -0.05) is 26.2 Å². The van der Waals surface area contributed by atoms with Crippen LogP contribution < -0.4 is 5.32 Å². The molecule has 1 aliphatic carbocycles. The van der Waals surface area contributed by atoms with Gasteiger partial charge in [0.25, 0.3) is 0 Å². The maximum atomic E-state index is 11.8. The van der Waals surface area contributed by atoms with Gasteiger partial charge in [-0.05, 0) is 37.5 Å². The molecular formula is C18H31NO6. The highest BCUT2D eigenvalue weighted by atomic mass is 16.5. The Morgan fingerprint density at radius 3 is 2.28 bits per heavy atom. The maximum Gasteiger partial charge on any atom is 0.407 e. The highest BCUT2D eigenvalue weighted by Crippen LogP contribution is 2.38. The monoisotopic (exact) mass is 357 g/mol. The Balaban J connectivity index is 2.16. The van der Waals surface area contributed by atoms with Crippen molar-refractivity contribution < 1.29 is 29.0 Å². The van der Waals surface area contributed by atoms with Gasteiger partial charge in [-0.25, -0.2) is 4.79 Å². The SMILES string of the molecule is CCCC(=O)OCCCCOC(=O)NCC1(CC(=O)O)CCCCC1. The van der Waals surface area contributed by atoms with Crippen LogP contribution in [-0.2, 0) is 19.1 Å². The molecule has 0 aliphatic heterocycles. The molecule has 1 aliphatic rings. The molecule has 1 saturated carbocycles. The number of hydrogen-bond acceptors (Lipinski definition) is 5. The predicted molar refractivity (Wildman–Crippen MR) is 92.2 cm³/mol. The normalized spacial score (nSPS) is 16.0. The summed E-state index contributed by atoms with van der Waals surface area (Å²) in [5.41, 5.74) is -0.351. The number of carboxylic acids is 1. The summed E-state index contributed by atoms with van der Waals surface area (Å²) in [7, 11) is 0. The topological polar surface area (TPSA) is 102 Å². The zero-order chi connectivity index (χ0) is 18.5. The minimum absolute atomic E-state index is 0.0798. The van der Waals surface area contributed by atoms with E-state index < -0.39 is 12.1 Å². The predicted octanol–water partition coefficient (Wildman–Crippen LogP) is 3.26. The van der Waals surface area contributed by atoms with E-state index in [2.05, 4.69) is 5.32 Å². The summed E-state index contributed by atoms with van der Waals surface area (Å²) >= 11 is 0. The number of carbonyl (C=O) groups excluding carboxylic acids is 2. The minimum atomic E-state index is -0.824. The molecule has 0 spiro atoms. The zero-order valence-corrected chi connectivity index (χ0v) is 15.2. The molecule has 1 rings (SSSR count). The van der Waals surface area contributed by atoms with Crippen molar-refractivity contribution in [2.24, 2.45) is 5.41 Å². The standard InChI is InChI=1S/C18H31NO6/c1-2-8-16(22)24-11-6-7-12-25-17(23)19-14-18(13-15(20)21)9-4-3-5-10-18/h2-14H2,1H3,(H,19,23)(H,20,21). The first-order chi connectivity index (χ1) is 12.0. The van der Waals surface area contributed by atoms with Gasteiger partial charge in [-0.2, -0.15) is 0 Å². The second-order valence-corrected chi connectivity index (χ2v) is 6.80. The minimum Gasteiger partial charge on any atom is -0.481 e. The lowest BCUT2D eigenvalue weighted by Crippen LogP contribution is -2.40. The van der Waals surface area contributed by atoms with Crippen LogP contribution in [0.25, 0.3) is 0 Å². The lowest BCUT2D eigenvalue weighted by atomic mass is 9.72. The number of nitrogens with one attached hydrogen (secondary N) is 1. The molecule has 0 unspecified atom stereocenters. The van der Waals surface area contributed by atoms with Gasteiger partial charge in [0.15, 0.2) is 0 Å². The van der Waals surface area contributed by atoms with Crippen LogP contribution in [0.3, 0.4) is 0 Å². The molecule has 7 heteroatoms. The number of rotatable bonds is 11. The van der Waals surface area contributed by atoms with Crippen LogP contribution in [0.15, 0.2) is 0 Å². The first-order valence-corrected chi connectivity index (χ1v) is 9.25. The largest absolute Gasteiger partial charge is 0.481 e. The number of amides is 1. The van der Waals surface area contributed by atoms with Crippen LogP contribution in [0.4, 0.5) is 4.79 Å². The van der Waals surface area contributed by atoms with E-state index >= 15 is 0 Å². The van der Waals surface area contributed by atoms with Gasteiger partial charge < -0.3 is 19.9 Å². The third-order valence-corrected chi connectivity index (χ3v) is 4.54. The fraction of sp³-hybridized carbons (Fsp3) is 0.833. The average molecular weight is 357 g/mol. The van der Waals surface area contributed by atoms with E-state index in [9.17, 15) is 14.4 Å². The molecule has 0 atom stereocenters. The number of ether oxygens (including phenoxy) is 2. The van der Waals surface area contributed by atoms with E-state index in [1.54, 1.807) is 0 Å².